The van der Waals surface area contributed by atoms with Crippen molar-refractivity contribution in [2.45, 2.75) is 12.8 Å². The minimum atomic E-state index is 0.878. The van der Waals surface area contributed by atoms with Crippen molar-refractivity contribution in [3.05, 3.63) is 175 Å². The van der Waals surface area contributed by atoms with Crippen LogP contribution >= 0.6 is 0 Å². The van der Waals surface area contributed by atoms with E-state index in [2.05, 4.69) is 156 Å². The Hall–Kier alpha value is -6.58. The number of rotatable bonds is 4. The summed E-state index contributed by atoms with van der Waals surface area (Å²) >= 11 is 0. The van der Waals surface area contributed by atoms with Gasteiger partial charge in [0.25, 0.3) is 0 Å². The molecule has 3 aromatic heterocycles. The Morgan fingerprint density at radius 3 is 1.86 bits per heavy atom. The van der Waals surface area contributed by atoms with Crippen molar-refractivity contribution in [3.63, 3.8) is 0 Å². The molecular formula is C48H31NO2. The number of aryl methyl sites for hydroxylation is 1. The van der Waals surface area contributed by atoms with Crippen molar-refractivity contribution < 1.29 is 8.83 Å². The SMILES string of the molecule is C1=C(c2cccc3c2c2c(-c4ccc5oc6ccccc6c5c4)cccc2n3-c2ccc(-c3ccccc3)cc2)CCc2oc3ccccc3c21. The monoisotopic (exact) mass is 653 g/mol. The molecule has 10 aromatic rings. The molecule has 1 aliphatic carbocycles. The fourth-order valence-electron chi connectivity index (χ4n) is 8.39. The summed E-state index contributed by atoms with van der Waals surface area (Å²) in [4.78, 5) is 0. The minimum Gasteiger partial charge on any atom is -0.460 e. The van der Waals surface area contributed by atoms with Gasteiger partial charge in [0.1, 0.15) is 22.5 Å². The summed E-state index contributed by atoms with van der Waals surface area (Å²) in [6, 6.07) is 56.5. The molecule has 3 nitrogen and oxygen atoms in total. The molecule has 0 bridgehead atoms. The van der Waals surface area contributed by atoms with Gasteiger partial charge in [0.05, 0.1) is 11.0 Å². The van der Waals surface area contributed by atoms with Crippen LogP contribution in [0, 0.1) is 0 Å². The second-order valence-corrected chi connectivity index (χ2v) is 13.6. The van der Waals surface area contributed by atoms with E-state index in [0.717, 1.165) is 51.8 Å². The summed E-state index contributed by atoms with van der Waals surface area (Å²) in [7, 11) is 0. The molecule has 0 N–H and O–H groups in total. The number of nitrogens with zero attached hydrogens (tertiary/aromatic N) is 1. The standard InChI is InChI=1S/C48H31NO2/c1-2-10-30(11-3-1)31-20-24-34(25-21-31)49-41-16-8-14-35(32-22-26-45-39(28-32)37-12-4-6-18-43(37)50-45)47(41)48-36(15-9-17-42(48)49)33-23-27-46-40(29-33)38-13-5-7-19-44(38)51-46/h1-22,24-26,28-29H,23,27H2. The lowest BCUT2D eigenvalue weighted by molar-refractivity contribution is 0.548. The molecule has 3 heteroatoms. The van der Waals surface area contributed by atoms with Gasteiger partial charge in [0.15, 0.2) is 0 Å². The number of allylic oxidation sites excluding steroid dienone is 1. The highest BCUT2D eigenvalue weighted by Crippen LogP contribution is 2.45. The highest BCUT2D eigenvalue weighted by molar-refractivity contribution is 6.20. The number of furan rings is 2. The summed E-state index contributed by atoms with van der Waals surface area (Å²) in [5.41, 5.74) is 14.9. The molecule has 0 amide bonds. The Morgan fingerprint density at radius 1 is 0.431 bits per heavy atom. The van der Waals surface area contributed by atoms with E-state index in [1.54, 1.807) is 0 Å². The summed E-state index contributed by atoms with van der Waals surface area (Å²) < 4.78 is 15.0. The third kappa shape index (κ3) is 4.31. The van der Waals surface area contributed by atoms with Crippen molar-refractivity contribution in [1.29, 1.82) is 0 Å². The molecule has 0 saturated heterocycles. The van der Waals surface area contributed by atoms with Gasteiger partial charge < -0.3 is 13.4 Å². The fourth-order valence-corrected chi connectivity index (χ4v) is 8.39. The van der Waals surface area contributed by atoms with E-state index in [-0.39, 0.29) is 0 Å². The summed E-state index contributed by atoms with van der Waals surface area (Å²) in [6.45, 7) is 0. The Balaban J connectivity index is 1.19. The summed E-state index contributed by atoms with van der Waals surface area (Å²) in [6.07, 6.45) is 4.17. The van der Waals surface area contributed by atoms with Gasteiger partial charge in [-0.15, -0.1) is 0 Å². The third-order valence-electron chi connectivity index (χ3n) is 10.7. The van der Waals surface area contributed by atoms with Crippen LogP contribution < -0.4 is 0 Å². The van der Waals surface area contributed by atoms with Crippen molar-refractivity contribution in [2.24, 2.45) is 0 Å². The molecule has 3 heterocycles. The summed E-state index contributed by atoms with van der Waals surface area (Å²) in [5.74, 6) is 1.08. The van der Waals surface area contributed by atoms with Crippen LogP contribution in [0.1, 0.15) is 23.3 Å². The average molecular weight is 654 g/mol. The first-order chi connectivity index (χ1) is 25.3. The molecule has 0 atom stereocenters. The number of benzene rings is 7. The van der Waals surface area contributed by atoms with Crippen LogP contribution in [0.2, 0.25) is 0 Å². The predicted molar refractivity (Wildman–Crippen MR) is 211 cm³/mol. The minimum absolute atomic E-state index is 0.878. The predicted octanol–water partition coefficient (Wildman–Crippen LogP) is 13.3. The molecule has 11 rings (SSSR count). The van der Waals surface area contributed by atoms with Crippen molar-refractivity contribution >= 4 is 66.4 Å². The highest BCUT2D eigenvalue weighted by Gasteiger charge is 2.24. The number of hydrogen-bond donors (Lipinski definition) is 0. The molecule has 0 fully saturated rings. The van der Waals surface area contributed by atoms with Crippen LogP contribution in [-0.4, -0.2) is 4.57 Å². The van der Waals surface area contributed by atoms with Crippen LogP contribution in [0.15, 0.2) is 167 Å². The Kier molecular flexibility index (Phi) is 6.08. The number of fused-ring (bicyclic) bond motifs is 9. The van der Waals surface area contributed by atoms with Gasteiger partial charge in [-0.05, 0) is 94.4 Å². The van der Waals surface area contributed by atoms with E-state index < -0.39 is 0 Å². The Morgan fingerprint density at radius 2 is 1.06 bits per heavy atom. The molecule has 0 radical (unpaired) electrons. The fraction of sp³-hybridized carbons (Fsp3) is 0.0417. The van der Waals surface area contributed by atoms with Crippen molar-refractivity contribution in [1.82, 2.24) is 4.57 Å². The average Bonchev–Trinajstić information content (AvgIpc) is 3.87. The van der Waals surface area contributed by atoms with Gasteiger partial charge in [0, 0.05) is 44.6 Å². The summed E-state index contributed by atoms with van der Waals surface area (Å²) in [5, 5.41) is 5.98. The quantitative estimate of drug-likeness (QED) is 0.189. The topological polar surface area (TPSA) is 31.2 Å². The molecule has 0 spiro atoms. The number of para-hydroxylation sites is 2. The lowest BCUT2D eigenvalue weighted by Gasteiger charge is -2.15. The normalized spacial score (nSPS) is 13.1. The maximum Gasteiger partial charge on any atom is 0.135 e. The van der Waals surface area contributed by atoms with E-state index >= 15 is 0 Å². The molecule has 240 valence electrons. The van der Waals surface area contributed by atoms with Crippen LogP contribution in [0.3, 0.4) is 0 Å². The first kappa shape index (κ1) is 28.3. The van der Waals surface area contributed by atoms with Gasteiger partial charge in [-0.25, -0.2) is 0 Å². The van der Waals surface area contributed by atoms with Gasteiger partial charge >= 0.3 is 0 Å². The molecule has 0 aliphatic heterocycles. The maximum absolute atomic E-state index is 6.32. The molecule has 1 aliphatic rings. The first-order valence-electron chi connectivity index (χ1n) is 17.6. The lowest BCUT2D eigenvalue weighted by atomic mass is 9.88. The molecule has 51 heavy (non-hydrogen) atoms. The van der Waals surface area contributed by atoms with Crippen LogP contribution in [0.25, 0.3) is 94.3 Å². The number of hydrogen-bond acceptors (Lipinski definition) is 2. The van der Waals surface area contributed by atoms with E-state index in [1.165, 1.54) is 66.1 Å². The second kappa shape index (κ2) is 11.0. The molecule has 0 saturated carbocycles. The van der Waals surface area contributed by atoms with Crippen LogP contribution in [0.5, 0.6) is 0 Å². The van der Waals surface area contributed by atoms with E-state index in [4.69, 9.17) is 8.83 Å². The van der Waals surface area contributed by atoms with E-state index in [1.807, 2.05) is 12.1 Å². The van der Waals surface area contributed by atoms with E-state index in [0.29, 0.717) is 0 Å². The second-order valence-electron chi connectivity index (χ2n) is 13.6. The Labute approximate surface area is 294 Å². The number of aromatic nitrogens is 1. The lowest BCUT2D eigenvalue weighted by Crippen LogP contribution is -1.98. The van der Waals surface area contributed by atoms with Gasteiger partial charge in [-0.3, -0.25) is 0 Å². The van der Waals surface area contributed by atoms with Crippen molar-refractivity contribution in [2.75, 3.05) is 0 Å². The first-order valence-corrected chi connectivity index (χ1v) is 17.6. The van der Waals surface area contributed by atoms with Crippen molar-refractivity contribution in [3.8, 4) is 27.9 Å². The van der Waals surface area contributed by atoms with Gasteiger partial charge in [-0.2, -0.15) is 0 Å². The van der Waals surface area contributed by atoms with E-state index in [9.17, 15) is 0 Å². The molecule has 0 unspecified atom stereocenters. The zero-order chi connectivity index (χ0) is 33.5. The van der Waals surface area contributed by atoms with Gasteiger partial charge in [-0.1, -0.05) is 109 Å². The van der Waals surface area contributed by atoms with Gasteiger partial charge in [0.2, 0.25) is 0 Å². The Bertz CT molecular complexity index is 3010. The third-order valence-corrected chi connectivity index (χ3v) is 10.7. The smallest absolute Gasteiger partial charge is 0.135 e. The zero-order valence-corrected chi connectivity index (χ0v) is 27.8. The molecular weight excluding hydrogens is 623 g/mol. The maximum atomic E-state index is 6.32. The van der Waals surface area contributed by atoms with Crippen LogP contribution in [-0.2, 0) is 6.42 Å². The zero-order valence-electron chi connectivity index (χ0n) is 27.8. The molecule has 7 aromatic carbocycles. The largest absolute Gasteiger partial charge is 0.460 e. The highest BCUT2D eigenvalue weighted by atomic mass is 16.3. The van der Waals surface area contributed by atoms with Crippen LogP contribution in [0.4, 0.5) is 0 Å².